The van der Waals surface area contributed by atoms with Crippen molar-refractivity contribution in [2.24, 2.45) is 0 Å². The van der Waals surface area contributed by atoms with Gasteiger partial charge in [-0.2, -0.15) is 0 Å². The maximum Gasteiger partial charge on any atom is 0.128 e. The number of halogens is 1. The van der Waals surface area contributed by atoms with Gasteiger partial charge in [0.2, 0.25) is 0 Å². The van der Waals surface area contributed by atoms with Crippen molar-refractivity contribution in [1.82, 2.24) is 9.88 Å². The maximum atomic E-state index is 6.31. The third-order valence-electron chi connectivity index (χ3n) is 6.88. The Balaban J connectivity index is 1.25. The summed E-state index contributed by atoms with van der Waals surface area (Å²) in [6, 6.07) is 25.2. The maximum absolute atomic E-state index is 6.31. The molecule has 6 heteroatoms. The Morgan fingerprint density at radius 1 is 0.941 bits per heavy atom. The van der Waals surface area contributed by atoms with Gasteiger partial charge in [0.05, 0.1) is 6.61 Å². The number of benzene rings is 2. The highest BCUT2D eigenvalue weighted by Gasteiger charge is 2.35. The van der Waals surface area contributed by atoms with E-state index in [1.807, 2.05) is 54.7 Å². The van der Waals surface area contributed by atoms with Crippen LogP contribution in [-0.2, 0) is 11.2 Å². The van der Waals surface area contributed by atoms with Crippen molar-refractivity contribution in [1.29, 1.82) is 0 Å². The smallest absolute Gasteiger partial charge is 0.128 e. The highest BCUT2D eigenvalue weighted by molar-refractivity contribution is 6.30. The fourth-order valence-corrected chi connectivity index (χ4v) is 5.20. The van der Waals surface area contributed by atoms with Crippen LogP contribution in [0.15, 0.2) is 79.0 Å². The number of pyridine rings is 1. The number of morpholine rings is 1. The predicted octanol–water partition coefficient (Wildman–Crippen LogP) is 5.09. The molecule has 5 nitrogen and oxygen atoms in total. The summed E-state index contributed by atoms with van der Waals surface area (Å²) in [5.74, 6) is 1.97. The number of ether oxygens (including phenoxy) is 2. The lowest BCUT2D eigenvalue weighted by atomic mass is 9.96. The molecule has 0 bridgehead atoms. The number of anilines is 1. The number of aromatic nitrogens is 1. The molecule has 2 atom stereocenters. The van der Waals surface area contributed by atoms with Gasteiger partial charge in [0.1, 0.15) is 24.3 Å². The molecule has 0 aliphatic carbocycles. The number of piperidine rings is 1. The molecule has 0 saturated carbocycles. The standard InChI is InChI=1S/C28H32ClN3O2/c29-23-11-9-22(10-12-23)18-25-20-33-27(21-34-26-6-2-1-3-7-26)19-32(25)24-13-16-31(17-14-24)28-8-4-5-15-30-28/h1-12,15,24-25,27H,13-14,16-21H2. The Hall–Kier alpha value is -2.60. The summed E-state index contributed by atoms with van der Waals surface area (Å²) in [5.41, 5.74) is 1.30. The molecule has 3 heterocycles. The molecule has 2 aliphatic rings. The number of hydrogen-bond donors (Lipinski definition) is 0. The highest BCUT2D eigenvalue weighted by Crippen LogP contribution is 2.27. The summed E-state index contributed by atoms with van der Waals surface area (Å²) < 4.78 is 12.3. The van der Waals surface area contributed by atoms with Crippen LogP contribution >= 0.6 is 11.6 Å². The van der Waals surface area contributed by atoms with Crippen LogP contribution in [0.4, 0.5) is 5.82 Å². The van der Waals surface area contributed by atoms with Crippen LogP contribution in [0.1, 0.15) is 18.4 Å². The number of hydrogen-bond acceptors (Lipinski definition) is 5. The molecule has 5 rings (SSSR count). The minimum atomic E-state index is 0.0653. The summed E-state index contributed by atoms with van der Waals surface area (Å²) in [6.07, 6.45) is 5.16. The molecule has 1 aromatic heterocycles. The summed E-state index contributed by atoms with van der Waals surface area (Å²) in [4.78, 5) is 9.64. The van der Waals surface area contributed by atoms with Gasteiger partial charge in [-0.15, -0.1) is 0 Å². The Morgan fingerprint density at radius 3 is 2.44 bits per heavy atom. The minimum Gasteiger partial charge on any atom is -0.491 e. The normalized spacial score (nSPS) is 22.0. The number of rotatable bonds is 7. The summed E-state index contributed by atoms with van der Waals surface area (Å²) in [6.45, 7) is 4.22. The molecule has 2 saturated heterocycles. The third kappa shape index (κ3) is 5.90. The van der Waals surface area contributed by atoms with Crippen molar-refractivity contribution in [3.63, 3.8) is 0 Å². The molecule has 2 fully saturated rings. The first kappa shape index (κ1) is 23.2. The van der Waals surface area contributed by atoms with Crippen LogP contribution in [0.3, 0.4) is 0 Å². The van der Waals surface area contributed by atoms with E-state index in [0.717, 1.165) is 55.5 Å². The van der Waals surface area contributed by atoms with E-state index in [-0.39, 0.29) is 6.10 Å². The van der Waals surface area contributed by atoms with Crippen LogP contribution in [-0.4, -0.2) is 60.9 Å². The second-order valence-electron chi connectivity index (χ2n) is 9.17. The fourth-order valence-electron chi connectivity index (χ4n) is 5.07. The van der Waals surface area contributed by atoms with Crippen molar-refractivity contribution in [3.8, 4) is 5.75 Å². The van der Waals surface area contributed by atoms with E-state index in [2.05, 4.69) is 39.0 Å². The Morgan fingerprint density at radius 2 is 1.71 bits per heavy atom. The molecule has 178 valence electrons. The van der Waals surface area contributed by atoms with E-state index in [1.165, 1.54) is 5.56 Å². The summed E-state index contributed by atoms with van der Waals surface area (Å²) >= 11 is 6.11. The average Bonchev–Trinajstić information content (AvgIpc) is 2.90. The van der Waals surface area contributed by atoms with E-state index >= 15 is 0 Å². The van der Waals surface area contributed by atoms with Crippen LogP contribution < -0.4 is 9.64 Å². The summed E-state index contributed by atoms with van der Waals surface area (Å²) in [7, 11) is 0. The predicted molar refractivity (Wildman–Crippen MR) is 137 cm³/mol. The molecule has 0 radical (unpaired) electrons. The monoisotopic (exact) mass is 477 g/mol. The van der Waals surface area contributed by atoms with Crippen molar-refractivity contribution in [3.05, 3.63) is 89.6 Å². The molecule has 0 amide bonds. The molecule has 0 N–H and O–H groups in total. The van der Waals surface area contributed by atoms with Gasteiger partial charge < -0.3 is 14.4 Å². The van der Waals surface area contributed by atoms with E-state index in [4.69, 9.17) is 21.1 Å². The second-order valence-corrected chi connectivity index (χ2v) is 9.60. The molecule has 34 heavy (non-hydrogen) atoms. The van der Waals surface area contributed by atoms with Crippen LogP contribution in [0, 0.1) is 0 Å². The van der Waals surface area contributed by atoms with Crippen LogP contribution in [0.2, 0.25) is 5.02 Å². The molecule has 2 aliphatic heterocycles. The Bertz CT molecular complexity index is 1010. The SMILES string of the molecule is Clc1ccc(CC2COC(COc3ccccc3)CN2C2CCN(c3ccccn3)CC2)cc1. The van der Waals surface area contributed by atoms with Crippen LogP contribution in [0.25, 0.3) is 0 Å². The van der Waals surface area contributed by atoms with Gasteiger partial charge in [-0.25, -0.2) is 4.98 Å². The molecule has 0 spiro atoms. The first-order valence-electron chi connectivity index (χ1n) is 12.2. The number of para-hydroxylation sites is 1. The van der Waals surface area contributed by atoms with E-state index in [9.17, 15) is 0 Å². The highest BCUT2D eigenvalue weighted by atomic mass is 35.5. The second kappa shape index (κ2) is 11.2. The zero-order valence-corrected chi connectivity index (χ0v) is 20.2. The zero-order chi connectivity index (χ0) is 23.2. The Kier molecular flexibility index (Phi) is 7.64. The average molecular weight is 478 g/mol. The topological polar surface area (TPSA) is 37.8 Å². The van der Waals surface area contributed by atoms with Crippen molar-refractivity contribution >= 4 is 17.4 Å². The zero-order valence-electron chi connectivity index (χ0n) is 19.4. The Labute approximate surface area is 207 Å². The van der Waals surface area contributed by atoms with Crippen LogP contribution in [0.5, 0.6) is 5.75 Å². The number of nitrogens with zero attached hydrogens (tertiary/aromatic N) is 3. The lowest BCUT2D eigenvalue weighted by Gasteiger charge is -2.47. The van der Waals surface area contributed by atoms with E-state index in [0.29, 0.717) is 25.3 Å². The lowest BCUT2D eigenvalue weighted by molar-refractivity contribution is -0.0946. The van der Waals surface area contributed by atoms with Gasteiger partial charge in [-0.05, 0) is 61.2 Å². The molecular formula is C28H32ClN3O2. The van der Waals surface area contributed by atoms with Gasteiger partial charge in [0, 0.05) is 42.9 Å². The third-order valence-corrected chi connectivity index (χ3v) is 7.13. The van der Waals surface area contributed by atoms with Gasteiger partial charge in [-0.3, -0.25) is 4.90 Å². The van der Waals surface area contributed by atoms with Crippen molar-refractivity contribution in [2.75, 3.05) is 37.7 Å². The summed E-state index contributed by atoms with van der Waals surface area (Å²) in [5, 5.41) is 0.778. The van der Waals surface area contributed by atoms with Gasteiger partial charge in [0.15, 0.2) is 0 Å². The molecule has 3 aromatic rings. The largest absolute Gasteiger partial charge is 0.491 e. The van der Waals surface area contributed by atoms with Gasteiger partial charge in [-0.1, -0.05) is 48.0 Å². The minimum absolute atomic E-state index is 0.0653. The lowest BCUT2D eigenvalue weighted by Crippen LogP contribution is -2.58. The van der Waals surface area contributed by atoms with Gasteiger partial charge >= 0.3 is 0 Å². The first-order valence-corrected chi connectivity index (χ1v) is 12.6. The first-order chi connectivity index (χ1) is 16.7. The quantitative estimate of drug-likeness (QED) is 0.473. The van der Waals surface area contributed by atoms with E-state index in [1.54, 1.807) is 0 Å². The molecule has 2 aromatic carbocycles. The van der Waals surface area contributed by atoms with Gasteiger partial charge in [0.25, 0.3) is 0 Å². The fraction of sp³-hybridized carbons (Fsp3) is 0.393. The molecular weight excluding hydrogens is 446 g/mol. The molecule has 2 unspecified atom stereocenters. The van der Waals surface area contributed by atoms with E-state index < -0.39 is 0 Å². The van der Waals surface area contributed by atoms with Crippen molar-refractivity contribution < 1.29 is 9.47 Å². The van der Waals surface area contributed by atoms with Crippen molar-refractivity contribution in [2.45, 2.75) is 37.5 Å².